The fraction of sp³-hybridized carbons (Fsp3) is 0.375. The van der Waals surface area contributed by atoms with Crippen LogP contribution in [0.1, 0.15) is 36.5 Å². The number of piperidine rings is 1. The third-order valence-corrected chi connectivity index (χ3v) is 5.91. The Morgan fingerprint density at radius 1 is 1.03 bits per heavy atom. The Bertz CT molecular complexity index is 1150. The van der Waals surface area contributed by atoms with Gasteiger partial charge < -0.3 is 9.80 Å². The van der Waals surface area contributed by atoms with Crippen LogP contribution in [0, 0.1) is 0 Å². The Labute approximate surface area is 186 Å². The minimum atomic E-state index is -0.316. The molecule has 1 saturated heterocycles. The van der Waals surface area contributed by atoms with Crippen LogP contribution in [0.3, 0.4) is 0 Å². The third kappa shape index (κ3) is 4.54. The third-order valence-electron chi connectivity index (χ3n) is 5.91. The summed E-state index contributed by atoms with van der Waals surface area (Å²) in [5, 5.41) is 8.47. The van der Waals surface area contributed by atoms with E-state index in [1.165, 1.54) is 0 Å². The number of carbonyl (C=O) groups is 2. The number of aromatic nitrogens is 3. The molecule has 0 saturated carbocycles. The molecule has 0 radical (unpaired) electrons. The van der Waals surface area contributed by atoms with E-state index in [1.54, 1.807) is 24.3 Å². The molecule has 0 spiro atoms. The standard InChI is InChI=1S/C24H27N5O3/c1-2-14-28(19-12-15-27(16-13-19)23(31)18-8-4-3-5-9-18)22(30)17-29-24(32)20-10-6-7-11-21(20)25-26-29/h3-11,19H,2,12-17H2,1H3. The quantitative estimate of drug-likeness (QED) is 0.595. The van der Waals surface area contributed by atoms with Crippen LogP contribution >= 0.6 is 0 Å². The molecule has 8 nitrogen and oxygen atoms in total. The van der Waals surface area contributed by atoms with Crippen LogP contribution in [0.5, 0.6) is 0 Å². The maximum atomic E-state index is 13.1. The second-order valence-electron chi connectivity index (χ2n) is 8.05. The first-order valence-corrected chi connectivity index (χ1v) is 11.0. The van der Waals surface area contributed by atoms with Gasteiger partial charge in [0.1, 0.15) is 12.1 Å². The van der Waals surface area contributed by atoms with Crippen molar-refractivity contribution in [2.75, 3.05) is 19.6 Å². The van der Waals surface area contributed by atoms with Gasteiger partial charge in [-0.3, -0.25) is 14.4 Å². The van der Waals surface area contributed by atoms with E-state index in [0.717, 1.165) is 11.1 Å². The van der Waals surface area contributed by atoms with Gasteiger partial charge in [0.05, 0.1) is 5.39 Å². The van der Waals surface area contributed by atoms with Crippen LogP contribution < -0.4 is 5.56 Å². The lowest BCUT2D eigenvalue weighted by Gasteiger charge is -2.38. The van der Waals surface area contributed by atoms with E-state index < -0.39 is 0 Å². The molecule has 32 heavy (non-hydrogen) atoms. The lowest BCUT2D eigenvalue weighted by molar-refractivity contribution is -0.135. The van der Waals surface area contributed by atoms with Crippen LogP contribution in [0.25, 0.3) is 10.9 Å². The van der Waals surface area contributed by atoms with Gasteiger partial charge in [-0.2, -0.15) is 0 Å². The second kappa shape index (κ2) is 9.72. The second-order valence-corrected chi connectivity index (χ2v) is 8.05. The topological polar surface area (TPSA) is 88.4 Å². The lowest BCUT2D eigenvalue weighted by atomic mass is 10.0. The number of fused-ring (bicyclic) bond motifs is 1. The SMILES string of the molecule is CCCN(C(=O)Cn1nnc2ccccc2c1=O)C1CCN(C(=O)c2ccccc2)CC1. The minimum absolute atomic E-state index is 0.0235. The van der Waals surface area contributed by atoms with E-state index in [0.29, 0.717) is 48.9 Å². The van der Waals surface area contributed by atoms with Crippen molar-refractivity contribution in [3.8, 4) is 0 Å². The van der Waals surface area contributed by atoms with Crippen LogP contribution in [-0.2, 0) is 11.3 Å². The number of rotatable bonds is 6. The Balaban J connectivity index is 1.44. The zero-order chi connectivity index (χ0) is 22.5. The summed E-state index contributed by atoms with van der Waals surface area (Å²) in [6.07, 6.45) is 2.23. The molecule has 0 bridgehead atoms. The molecule has 3 aromatic rings. The first kappa shape index (κ1) is 21.7. The van der Waals surface area contributed by atoms with E-state index >= 15 is 0 Å². The summed E-state index contributed by atoms with van der Waals surface area (Å²) < 4.78 is 1.14. The van der Waals surface area contributed by atoms with Crippen LogP contribution in [0.2, 0.25) is 0 Å². The van der Waals surface area contributed by atoms with E-state index in [-0.39, 0.29) is 30.0 Å². The number of likely N-dealkylation sites (tertiary alicyclic amines) is 1. The summed E-state index contributed by atoms with van der Waals surface area (Å²) in [7, 11) is 0. The average Bonchev–Trinajstić information content (AvgIpc) is 2.84. The molecule has 0 aliphatic carbocycles. The van der Waals surface area contributed by atoms with Crippen molar-refractivity contribution >= 4 is 22.7 Å². The fourth-order valence-corrected chi connectivity index (χ4v) is 4.24. The predicted octanol–water partition coefficient (Wildman–Crippen LogP) is 2.33. The molecule has 0 atom stereocenters. The Hall–Kier alpha value is -3.55. The van der Waals surface area contributed by atoms with Crippen LogP contribution in [0.4, 0.5) is 0 Å². The number of benzene rings is 2. The van der Waals surface area contributed by atoms with Crippen LogP contribution in [-0.4, -0.2) is 62.3 Å². The van der Waals surface area contributed by atoms with Gasteiger partial charge in [-0.05, 0) is 43.5 Å². The molecular weight excluding hydrogens is 406 g/mol. The highest BCUT2D eigenvalue weighted by Gasteiger charge is 2.30. The van der Waals surface area contributed by atoms with Crippen molar-refractivity contribution in [3.05, 3.63) is 70.5 Å². The largest absolute Gasteiger partial charge is 0.338 e. The normalized spacial score (nSPS) is 14.5. The molecule has 4 rings (SSSR count). The van der Waals surface area contributed by atoms with E-state index in [9.17, 15) is 14.4 Å². The highest BCUT2D eigenvalue weighted by molar-refractivity contribution is 5.94. The highest BCUT2D eigenvalue weighted by Crippen LogP contribution is 2.19. The highest BCUT2D eigenvalue weighted by atomic mass is 16.2. The average molecular weight is 434 g/mol. The van der Waals surface area contributed by atoms with E-state index in [2.05, 4.69) is 10.3 Å². The molecular formula is C24H27N5O3. The van der Waals surface area contributed by atoms with Gasteiger partial charge in [-0.25, -0.2) is 4.68 Å². The summed E-state index contributed by atoms with van der Waals surface area (Å²) in [5.41, 5.74) is 0.882. The smallest absolute Gasteiger partial charge is 0.278 e. The number of hydrogen-bond acceptors (Lipinski definition) is 5. The van der Waals surface area contributed by atoms with Crippen molar-refractivity contribution in [2.45, 2.75) is 38.8 Å². The summed E-state index contributed by atoms with van der Waals surface area (Å²) in [6, 6.07) is 16.3. The van der Waals surface area contributed by atoms with Gasteiger partial charge in [0.2, 0.25) is 5.91 Å². The first-order chi connectivity index (χ1) is 15.6. The summed E-state index contributed by atoms with van der Waals surface area (Å²) in [6.45, 7) is 3.69. The maximum absolute atomic E-state index is 13.1. The van der Waals surface area contributed by atoms with E-state index in [1.807, 2.05) is 47.1 Å². The van der Waals surface area contributed by atoms with Crippen molar-refractivity contribution < 1.29 is 9.59 Å². The fourth-order valence-electron chi connectivity index (χ4n) is 4.24. The van der Waals surface area contributed by atoms with Gasteiger partial charge in [-0.1, -0.05) is 42.5 Å². The van der Waals surface area contributed by atoms with Crippen molar-refractivity contribution in [3.63, 3.8) is 0 Å². The molecule has 1 aliphatic rings. The molecule has 2 heterocycles. The molecule has 1 aliphatic heterocycles. The summed E-state index contributed by atoms with van der Waals surface area (Å²) in [5.74, 6) is -0.123. The zero-order valence-corrected chi connectivity index (χ0v) is 18.2. The Morgan fingerprint density at radius 3 is 2.44 bits per heavy atom. The number of amides is 2. The number of hydrogen-bond donors (Lipinski definition) is 0. The molecule has 0 N–H and O–H groups in total. The Kier molecular flexibility index (Phi) is 6.58. The molecule has 166 valence electrons. The molecule has 2 aromatic carbocycles. The molecule has 1 aromatic heterocycles. The molecule has 2 amide bonds. The monoisotopic (exact) mass is 433 g/mol. The molecule has 1 fully saturated rings. The van der Waals surface area contributed by atoms with Crippen molar-refractivity contribution in [2.24, 2.45) is 0 Å². The molecule has 0 unspecified atom stereocenters. The lowest BCUT2D eigenvalue weighted by Crippen LogP contribution is -2.50. The predicted molar refractivity (Wildman–Crippen MR) is 121 cm³/mol. The van der Waals surface area contributed by atoms with Crippen molar-refractivity contribution in [1.82, 2.24) is 24.8 Å². The Morgan fingerprint density at radius 2 is 1.72 bits per heavy atom. The summed E-state index contributed by atoms with van der Waals surface area (Å²) in [4.78, 5) is 42.3. The number of nitrogens with zero attached hydrogens (tertiary/aromatic N) is 5. The van der Waals surface area contributed by atoms with Gasteiger partial charge in [0.15, 0.2) is 0 Å². The van der Waals surface area contributed by atoms with E-state index in [4.69, 9.17) is 0 Å². The van der Waals surface area contributed by atoms with Gasteiger partial charge in [-0.15, -0.1) is 5.10 Å². The maximum Gasteiger partial charge on any atom is 0.278 e. The van der Waals surface area contributed by atoms with Gasteiger partial charge >= 0.3 is 0 Å². The van der Waals surface area contributed by atoms with Crippen LogP contribution in [0.15, 0.2) is 59.4 Å². The molecule has 8 heteroatoms. The first-order valence-electron chi connectivity index (χ1n) is 11.0. The van der Waals surface area contributed by atoms with Gasteiger partial charge in [0, 0.05) is 31.2 Å². The summed E-state index contributed by atoms with van der Waals surface area (Å²) >= 11 is 0. The van der Waals surface area contributed by atoms with Gasteiger partial charge in [0.25, 0.3) is 11.5 Å². The van der Waals surface area contributed by atoms with Crippen molar-refractivity contribution in [1.29, 1.82) is 0 Å². The number of carbonyl (C=O) groups excluding carboxylic acids is 2. The minimum Gasteiger partial charge on any atom is -0.338 e. The zero-order valence-electron chi connectivity index (χ0n) is 18.2.